The highest BCUT2D eigenvalue weighted by atomic mass is 35.5. The van der Waals surface area contributed by atoms with Gasteiger partial charge in [-0.1, -0.05) is 36.5 Å². The Hall–Kier alpha value is -0.340. The molecule has 4 heteroatoms. The molecule has 16 heavy (non-hydrogen) atoms. The zero-order valence-corrected chi connectivity index (χ0v) is 11.1. The molecule has 88 valence electrons. The summed E-state index contributed by atoms with van der Waals surface area (Å²) in [5, 5.41) is 0.991. The lowest BCUT2D eigenvalue weighted by Gasteiger charge is -2.10. The van der Waals surface area contributed by atoms with E-state index in [1.54, 1.807) is 0 Å². The molecular weight excluding hydrogens is 243 g/mol. The standard InChI is InChI=1S/C12H16Cl2N2/c1-3-8-4-5-9(6-8)12-15-10(13)7(2)11(14)16-12/h8-9H,3-6H2,1-2H3. The molecule has 1 aliphatic rings. The van der Waals surface area contributed by atoms with Crippen molar-refractivity contribution in [3.05, 3.63) is 21.7 Å². The summed E-state index contributed by atoms with van der Waals surface area (Å²) in [7, 11) is 0. The molecule has 1 aromatic heterocycles. The first-order chi connectivity index (χ1) is 7.61. The summed E-state index contributed by atoms with van der Waals surface area (Å²) in [4.78, 5) is 8.71. The molecule has 2 nitrogen and oxygen atoms in total. The summed E-state index contributed by atoms with van der Waals surface area (Å²) in [5.41, 5.74) is 0.775. The Labute approximate surface area is 106 Å². The van der Waals surface area contributed by atoms with Crippen LogP contribution in [-0.2, 0) is 0 Å². The van der Waals surface area contributed by atoms with E-state index in [4.69, 9.17) is 23.2 Å². The van der Waals surface area contributed by atoms with Crippen LogP contribution in [0.2, 0.25) is 10.3 Å². The molecule has 2 atom stereocenters. The third kappa shape index (κ3) is 2.33. The summed E-state index contributed by atoms with van der Waals surface area (Å²) in [6.07, 6.45) is 4.85. The van der Waals surface area contributed by atoms with E-state index >= 15 is 0 Å². The highest BCUT2D eigenvalue weighted by Gasteiger charge is 2.27. The second-order valence-electron chi connectivity index (χ2n) is 4.57. The van der Waals surface area contributed by atoms with Crippen LogP contribution in [0.3, 0.4) is 0 Å². The number of hydrogen-bond donors (Lipinski definition) is 0. The Morgan fingerprint density at radius 2 is 1.81 bits per heavy atom. The number of aromatic nitrogens is 2. The fourth-order valence-electron chi connectivity index (χ4n) is 2.34. The van der Waals surface area contributed by atoms with Gasteiger partial charge in [0.15, 0.2) is 0 Å². The molecular formula is C12H16Cl2N2. The normalized spacial score (nSPS) is 25.0. The Bertz CT molecular complexity index is 370. The van der Waals surface area contributed by atoms with E-state index in [0.717, 1.165) is 23.7 Å². The Morgan fingerprint density at radius 3 is 2.31 bits per heavy atom. The van der Waals surface area contributed by atoms with Gasteiger partial charge in [0.05, 0.1) is 0 Å². The minimum absolute atomic E-state index is 0.445. The van der Waals surface area contributed by atoms with E-state index in [1.807, 2.05) is 6.92 Å². The monoisotopic (exact) mass is 258 g/mol. The van der Waals surface area contributed by atoms with Gasteiger partial charge in [0.1, 0.15) is 16.1 Å². The topological polar surface area (TPSA) is 25.8 Å². The lowest BCUT2D eigenvalue weighted by atomic mass is 10.0. The fourth-order valence-corrected chi connectivity index (χ4v) is 2.74. The lowest BCUT2D eigenvalue weighted by molar-refractivity contribution is 0.516. The van der Waals surface area contributed by atoms with Gasteiger partial charge in [-0.2, -0.15) is 0 Å². The first kappa shape index (κ1) is 12.1. The van der Waals surface area contributed by atoms with Crippen LogP contribution in [-0.4, -0.2) is 9.97 Å². The lowest BCUT2D eigenvalue weighted by Crippen LogP contribution is -2.03. The van der Waals surface area contributed by atoms with E-state index in [9.17, 15) is 0 Å². The zero-order valence-electron chi connectivity index (χ0n) is 9.63. The molecule has 0 radical (unpaired) electrons. The van der Waals surface area contributed by atoms with E-state index in [0.29, 0.717) is 16.2 Å². The van der Waals surface area contributed by atoms with E-state index in [2.05, 4.69) is 16.9 Å². The van der Waals surface area contributed by atoms with Crippen LogP contribution in [0.1, 0.15) is 49.9 Å². The second kappa shape index (κ2) is 4.89. The largest absolute Gasteiger partial charge is 0.221 e. The fraction of sp³-hybridized carbons (Fsp3) is 0.667. The molecule has 1 aliphatic carbocycles. The summed E-state index contributed by atoms with van der Waals surface area (Å²) < 4.78 is 0. The van der Waals surface area contributed by atoms with Crippen molar-refractivity contribution in [2.24, 2.45) is 5.92 Å². The van der Waals surface area contributed by atoms with Gasteiger partial charge >= 0.3 is 0 Å². The maximum Gasteiger partial charge on any atom is 0.137 e. The van der Waals surface area contributed by atoms with Crippen LogP contribution in [0.25, 0.3) is 0 Å². The number of nitrogens with zero attached hydrogens (tertiary/aromatic N) is 2. The van der Waals surface area contributed by atoms with Gasteiger partial charge in [0.25, 0.3) is 0 Å². The van der Waals surface area contributed by atoms with Crippen molar-refractivity contribution in [3.63, 3.8) is 0 Å². The quantitative estimate of drug-likeness (QED) is 0.736. The molecule has 1 fully saturated rings. The molecule has 1 saturated carbocycles. The van der Waals surface area contributed by atoms with Crippen LogP contribution in [0.4, 0.5) is 0 Å². The molecule has 0 amide bonds. The van der Waals surface area contributed by atoms with Crippen molar-refractivity contribution in [1.82, 2.24) is 9.97 Å². The molecule has 0 N–H and O–H groups in total. The van der Waals surface area contributed by atoms with Crippen molar-refractivity contribution in [1.29, 1.82) is 0 Å². The highest BCUT2D eigenvalue weighted by molar-refractivity contribution is 6.34. The minimum Gasteiger partial charge on any atom is -0.221 e. The molecule has 2 rings (SSSR count). The van der Waals surface area contributed by atoms with Crippen LogP contribution >= 0.6 is 23.2 Å². The summed E-state index contributed by atoms with van der Waals surface area (Å²) in [6.45, 7) is 4.08. The highest BCUT2D eigenvalue weighted by Crippen LogP contribution is 2.39. The maximum atomic E-state index is 6.03. The van der Waals surface area contributed by atoms with E-state index < -0.39 is 0 Å². The van der Waals surface area contributed by atoms with Gasteiger partial charge in [0.2, 0.25) is 0 Å². The third-order valence-corrected chi connectivity index (χ3v) is 4.26. The van der Waals surface area contributed by atoms with Crippen molar-refractivity contribution >= 4 is 23.2 Å². The first-order valence-corrected chi connectivity index (χ1v) is 6.57. The molecule has 0 saturated heterocycles. The predicted molar refractivity (Wildman–Crippen MR) is 67.2 cm³/mol. The van der Waals surface area contributed by atoms with Crippen molar-refractivity contribution in [3.8, 4) is 0 Å². The SMILES string of the molecule is CCC1CCC(c2nc(Cl)c(C)c(Cl)n2)C1. The average Bonchev–Trinajstić information content (AvgIpc) is 2.73. The Balaban J connectivity index is 2.22. The Kier molecular flexibility index (Phi) is 3.70. The van der Waals surface area contributed by atoms with Crippen LogP contribution in [0.15, 0.2) is 0 Å². The average molecular weight is 259 g/mol. The Morgan fingerprint density at radius 1 is 1.19 bits per heavy atom. The number of halogens is 2. The minimum atomic E-state index is 0.445. The first-order valence-electron chi connectivity index (χ1n) is 5.81. The second-order valence-corrected chi connectivity index (χ2v) is 5.29. The summed E-state index contributed by atoms with van der Waals surface area (Å²) in [5.74, 6) is 2.09. The van der Waals surface area contributed by atoms with Gasteiger partial charge in [-0.15, -0.1) is 0 Å². The van der Waals surface area contributed by atoms with Crippen LogP contribution in [0.5, 0.6) is 0 Å². The molecule has 1 aromatic rings. The third-order valence-electron chi connectivity index (χ3n) is 3.53. The van der Waals surface area contributed by atoms with Crippen molar-refractivity contribution in [2.45, 2.75) is 45.4 Å². The molecule has 0 bridgehead atoms. The molecule has 0 spiro atoms. The zero-order chi connectivity index (χ0) is 11.7. The van der Waals surface area contributed by atoms with Gasteiger partial charge in [-0.3, -0.25) is 0 Å². The van der Waals surface area contributed by atoms with Crippen molar-refractivity contribution in [2.75, 3.05) is 0 Å². The van der Waals surface area contributed by atoms with Gasteiger partial charge in [-0.05, 0) is 32.1 Å². The molecule has 0 aromatic carbocycles. The van der Waals surface area contributed by atoms with Crippen molar-refractivity contribution < 1.29 is 0 Å². The predicted octanol–water partition coefficient (Wildman–Crippen LogP) is 4.39. The number of rotatable bonds is 2. The molecule has 2 unspecified atom stereocenters. The molecule has 1 heterocycles. The maximum absolute atomic E-state index is 6.03. The van der Waals surface area contributed by atoms with Crippen LogP contribution in [0, 0.1) is 12.8 Å². The molecule has 0 aliphatic heterocycles. The van der Waals surface area contributed by atoms with Gasteiger partial charge in [0, 0.05) is 11.5 Å². The number of hydrogen-bond acceptors (Lipinski definition) is 2. The van der Waals surface area contributed by atoms with E-state index in [-0.39, 0.29) is 0 Å². The summed E-state index contributed by atoms with van der Waals surface area (Å²) in [6, 6.07) is 0. The van der Waals surface area contributed by atoms with Gasteiger partial charge in [-0.25, -0.2) is 9.97 Å². The van der Waals surface area contributed by atoms with Crippen LogP contribution < -0.4 is 0 Å². The summed E-state index contributed by atoms with van der Waals surface area (Å²) >= 11 is 12.1. The van der Waals surface area contributed by atoms with Gasteiger partial charge < -0.3 is 0 Å². The van der Waals surface area contributed by atoms with E-state index in [1.165, 1.54) is 19.3 Å². The smallest absolute Gasteiger partial charge is 0.137 e.